The van der Waals surface area contributed by atoms with Gasteiger partial charge in [-0.3, -0.25) is 0 Å². The third-order valence-electron chi connectivity index (χ3n) is 6.82. The molecule has 1 N–H and O–H groups in total. The van der Waals surface area contributed by atoms with Crippen LogP contribution >= 0.6 is 0 Å². The summed E-state index contributed by atoms with van der Waals surface area (Å²) in [6.45, 7) is 4.74. The summed E-state index contributed by atoms with van der Waals surface area (Å²) in [5, 5.41) is 18.2. The fraction of sp³-hybridized carbons (Fsp3) is 0.417. The van der Waals surface area contributed by atoms with Gasteiger partial charge in [-0.1, -0.05) is 18.2 Å². The standard InChI is InChI=1S/C24H28N8O/c1-30-10-8-16(9-11-30)14-25-18-5-3-4-17-6-7-19(27-21(17)18)23-28-29-24-22-20(15-26-32(23)24)31(2)12-13-33-22/h3-7,15-16,25H,8-14H2,1-2H3. The van der Waals surface area contributed by atoms with Gasteiger partial charge in [0.05, 0.1) is 23.9 Å². The molecule has 6 rings (SSSR count). The molecule has 4 aromatic rings. The molecule has 0 spiro atoms. The van der Waals surface area contributed by atoms with E-state index in [2.05, 4.69) is 61.7 Å². The lowest BCUT2D eigenvalue weighted by Crippen LogP contribution is -2.32. The number of pyridine rings is 1. The van der Waals surface area contributed by atoms with Gasteiger partial charge in [0, 0.05) is 19.0 Å². The van der Waals surface area contributed by atoms with Crippen LogP contribution in [0.4, 0.5) is 11.4 Å². The summed E-state index contributed by atoms with van der Waals surface area (Å²) in [6, 6.07) is 10.3. The van der Waals surface area contributed by atoms with Crippen LogP contribution in [0.1, 0.15) is 12.8 Å². The molecule has 3 aromatic heterocycles. The van der Waals surface area contributed by atoms with E-state index in [1.165, 1.54) is 25.9 Å². The molecular weight excluding hydrogens is 416 g/mol. The van der Waals surface area contributed by atoms with Gasteiger partial charge in [-0.15, -0.1) is 10.2 Å². The third-order valence-corrected chi connectivity index (χ3v) is 6.82. The van der Waals surface area contributed by atoms with Crippen molar-refractivity contribution < 1.29 is 4.74 Å². The molecule has 0 bridgehead atoms. The zero-order chi connectivity index (χ0) is 22.4. The largest absolute Gasteiger partial charge is 0.486 e. The molecule has 1 fully saturated rings. The Bertz CT molecular complexity index is 1310. The Balaban J connectivity index is 1.34. The Morgan fingerprint density at radius 3 is 2.82 bits per heavy atom. The van der Waals surface area contributed by atoms with Crippen molar-refractivity contribution in [2.45, 2.75) is 12.8 Å². The summed E-state index contributed by atoms with van der Waals surface area (Å²) in [4.78, 5) is 9.51. The highest BCUT2D eigenvalue weighted by Gasteiger charge is 2.23. The van der Waals surface area contributed by atoms with Crippen LogP contribution in [0.15, 0.2) is 36.5 Å². The summed E-state index contributed by atoms with van der Waals surface area (Å²) in [5.74, 6) is 2.02. The second-order valence-electron chi connectivity index (χ2n) is 9.09. The number of nitrogens with one attached hydrogen (secondary N) is 1. The maximum absolute atomic E-state index is 5.90. The predicted molar refractivity (Wildman–Crippen MR) is 129 cm³/mol. The van der Waals surface area contributed by atoms with Crippen molar-refractivity contribution in [3.05, 3.63) is 36.5 Å². The first-order valence-corrected chi connectivity index (χ1v) is 11.6. The van der Waals surface area contributed by atoms with E-state index in [4.69, 9.17) is 9.72 Å². The number of rotatable bonds is 4. The Kier molecular flexibility index (Phi) is 4.98. The number of hydrogen-bond donors (Lipinski definition) is 1. The smallest absolute Gasteiger partial charge is 0.222 e. The molecule has 0 aliphatic carbocycles. The molecule has 33 heavy (non-hydrogen) atoms. The van der Waals surface area contributed by atoms with Crippen molar-refractivity contribution in [3.63, 3.8) is 0 Å². The summed E-state index contributed by atoms with van der Waals surface area (Å²) in [7, 11) is 4.23. The molecule has 9 nitrogen and oxygen atoms in total. The second-order valence-corrected chi connectivity index (χ2v) is 9.09. The number of nitrogens with zero attached hydrogens (tertiary/aromatic N) is 7. The molecule has 0 saturated carbocycles. The van der Waals surface area contributed by atoms with E-state index < -0.39 is 0 Å². The van der Waals surface area contributed by atoms with Crippen molar-refractivity contribution in [2.75, 3.05) is 57.1 Å². The lowest BCUT2D eigenvalue weighted by atomic mass is 9.97. The fourth-order valence-electron chi connectivity index (χ4n) is 4.73. The van der Waals surface area contributed by atoms with Crippen LogP contribution in [0, 0.1) is 5.92 Å². The Morgan fingerprint density at radius 2 is 1.94 bits per heavy atom. The monoisotopic (exact) mass is 444 g/mol. The molecule has 5 heterocycles. The van der Waals surface area contributed by atoms with Crippen molar-refractivity contribution in [1.29, 1.82) is 0 Å². The summed E-state index contributed by atoms with van der Waals surface area (Å²) < 4.78 is 7.63. The highest BCUT2D eigenvalue weighted by molar-refractivity contribution is 5.91. The average Bonchev–Trinajstić information content (AvgIpc) is 3.28. The van der Waals surface area contributed by atoms with Crippen LogP contribution in [0.5, 0.6) is 5.75 Å². The number of anilines is 2. The van der Waals surface area contributed by atoms with Crippen LogP contribution in [-0.2, 0) is 0 Å². The van der Waals surface area contributed by atoms with Crippen LogP contribution in [-0.4, -0.2) is 76.6 Å². The lowest BCUT2D eigenvalue weighted by molar-refractivity contribution is 0.226. The number of likely N-dealkylation sites (tertiary alicyclic amines) is 1. The number of likely N-dealkylation sites (N-methyl/N-ethyl adjacent to an activating group) is 1. The SMILES string of the molecule is CN1CCC(CNc2cccc3ccc(-c4nnc5c6c(cnn45)N(C)CCO6)nc23)CC1. The fourth-order valence-corrected chi connectivity index (χ4v) is 4.73. The first kappa shape index (κ1) is 20.2. The Morgan fingerprint density at radius 1 is 1.06 bits per heavy atom. The maximum atomic E-state index is 5.90. The first-order chi connectivity index (χ1) is 16.2. The van der Waals surface area contributed by atoms with Gasteiger partial charge in [0.1, 0.15) is 18.0 Å². The number of fused-ring (bicyclic) bond motifs is 4. The van der Waals surface area contributed by atoms with Gasteiger partial charge in [-0.05, 0) is 51.0 Å². The minimum atomic E-state index is 0.608. The second kappa shape index (κ2) is 8.15. The summed E-state index contributed by atoms with van der Waals surface area (Å²) in [6.07, 6.45) is 4.27. The van der Waals surface area contributed by atoms with Gasteiger partial charge in [-0.25, -0.2) is 4.98 Å². The van der Waals surface area contributed by atoms with E-state index in [0.29, 0.717) is 24.0 Å². The van der Waals surface area contributed by atoms with E-state index in [-0.39, 0.29) is 0 Å². The molecular formula is C24H28N8O. The number of para-hydroxylation sites is 1. The average molecular weight is 445 g/mol. The predicted octanol–water partition coefficient (Wildman–Crippen LogP) is 2.92. The number of benzene rings is 1. The highest BCUT2D eigenvalue weighted by atomic mass is 16.5. The number of piperidine rings is 1. The molecule has 0 radical (unpaired) electrons. The molecule has 0 atom stereocenters. The molecule has 2 aliphatic heterocycles. The van der Waals surface area contributed by atoms with Gasteiger partial charge in [-0.2, -0.15) is 9.61 Å². The minimum Gasteiger partial charge on any atom is -0.486 e. The molecule has 1 saturated heterocycles. The lowest BCUT2D eigenvalue weighted by Gasteiger charge is -2.29. The molecule has 9 heteroatoms. The van der Waals surface area contributed by atoms with Gasteiger partial charge in [0.25, 0.3) is 0 Å². The number of hydrogen-bond acceptors (Lipinski definition) is 8. The van der Waals surface area contributed by atoms with E-state index in [1.807, 2.05) is 19.3 Å². The van der Waals surface area contributed by atoms with Crippen LogP contribution in [0.2, 0.25) is 0 Å². The topological polar surface area (TPSA) is 83.7 Å². The summed E-state index contributed by atoms with van der Waals surface area (Å²) >= 11 is 0. The molecule has 0 amide bonds. The van der Waals surface area contributed by atoms with E-state index in [9.17, 15) is 0 Å². The maximum Gasteiger partial charge on any atom is 0.222 e. The number of ether oxygens (including phenoxy) is 1. The normalized spacial score (nSPS) is 17.3. The van der Waals surface area contributed by atoms with Gasteiger partial charge >= 0.3 is 0 Å². The van der Waals surface area contributed by atoms with Crippen LogP contribution in [0.25, 0.3) is 28.1 Å². The van der Waals surface area contributed by atoms with Crippen molar-refractivity contribution in [1.82, 2.24) is 29.7 Å². The molecule has 170 valence electrons. The Labute approximate surface area is 192 Å². The quantitative estimate of drug-likeness (QED) is 0.514. The first-order valence-electron chi connectivity index (χ1n) is 11.6. The Hall–Kier alpha value is -3.46. The van der Waals surface area contributed by atoms with Crippen molar-refractivity contribution >= 4 is 27.9 Å². The van der Waals surface area contributed by atoms with E-state index in [0.717, 1.165) is 46.8 Å². The van der Waals surface area contributed by atoms with Crippen molar-refractivity contribution in [3.8, 4) is 17.3 Å². The van der Waals surface area contributed by atoms with Gasteiger partial charge in [0.15, 0.2) is 5.75 Å². The van der Waals surface area contributed by atoms with Gasteiger partial charge in [0.2, 0.25) is 11.5 Å². The molecule has 2 aliphatic rings. The minimum absolute atomic E-state index is 0.608. The van der Waals surface area contributed by atoms with E-state index in [1.54, 1.807) is 4.52 Å². The van der Waals surface area contributed by atoms with Crippen molar-refractivity contribution in [2.24, 2.45) is 5.92 Å². The van der Waals surface area contributed by atoms with Crippen LogP contribution in [0.3, 0.4) is 0 Å². The zero-order valence-electron chi connectivity index (χ0n) is 19.0. The van der Waals surface area contributed by atoms with Gasteiger partial charge < -0.3 is 19.9 Å². The molecule has 1 aromatic carbocycles. The zero-order valence-corrected chi connectivity index (χ0v) is 19.0. The van der Waals surface area contributed by atoms with E-state index >= 15 is 0 Å². The number of aromatic nitrogens is 5. The highest BCUT2D eigenvalue weighted by Crippen LogP contribution is 2.34. The molecule has 0 unspecified atom stereocenters. The van der Waals surface area contributed by atoms with Crippen LogP contribution < -0.4 is 15.0 Å². The third kappa shape index (κ3) is 3.62. The summed E-state index contributed by atoms with van der Waals surface area (Å²) in [5.41, 5.74) is 4.27.